The summed E-state index contributed by atoms with van der Waals surface area (Å²) in [4.78, 5) is 16.7. The first-order valence-electron chi connectivity index (χ1n) is 9.44. The molecule has 2 aromatic carbocycles. The van der Waals surface area contributed by atoms with E-state index in [2.05, 4.69) is 10.3 Å². The molecule has 0 radical (unpaired) electrons. The van der Waals surface area contributed by atoms with Crippen molar-refractivity contribution >= 4 is 22.4 Å². The fourth-order valence-corrected chi connectivity index (χ4v) is 3.42. The van der Waals surface area contributed by atoms with Gasteiger partial charge in [0.05, 0.1) is 26.0 Å². The van der Waals surface area contributed by atoms with Crippen molar-refractivity contribution in [2.45, 2.75) is 19.8 Å². The van der Waals surface area contributed by atoms with E-state index in [-0.39, 0.29) is 5.91 Å². The van der Waals surface area contributed by atoms with Crippen molar-refractivity contribution in [1.82, 2.24) is 4.98 Å². The van der Waals surface area contributed by atoms with Gasteiger partial charge < -0.3 is 19.5 Å². The predicted octanol–water partition coefficient (Wildman–Crippen LogP) is 5.02. The molecule has 0 saturated carbocycles. The van der Waals surface area contributed by atoms with Gasteiger partial charge in [-0.3, -0.25) is 4.79 Å². The second-order valence-corrected chi connectivity index (χ2v) is 7.00. The predicted molar refractivity (Wildman–Crippen MR) is 115 cm³/mol. The Bertz CT molecular complexity index is 925. The van der Waals surface area contributed by atoms with E-state index in [1.165, 1.54) is 11.3 Å². The fraction of sp³-hybridized carbons (Fsp3) is 0.273. The van der Waals surface area contributed by atoms with E-state index in [0.29, 0.717) is 31.2 Å². The molecule has 29 heavy (non-hydrogen) atoms. The molecule has 152 valence electrons. The second-order valence-electron chi connectivity index (χ2n) is 6.14. The summed E-state index contributed by atoms with van der Waals surface area (Å²) in [5, 5.41) is 5.35. The van der Waals surface area contributed by atoms with Gasteiger partial charge in [0.2, 0.25) is 5.91 Å². The van der Waals surface area contributed by atoms with Crippen LogP contribution in [0.2, 0.25) is 0 Å². The average molecular weight is 413 g/mol. The molecule has 3 rings (SSSR count). The van der Waals surface area contributed by atoms with E-state index in [0.717, 1.165) is 28.5 Å². The minimum atomic E-state index is -0.0812. The number of benzene rings is 2. The lowest BCUT2D eigenvalue weighted by atomic mass is 10.1. The van der Waals surface area contributed by atoms with Crippen LogP contribution in [0.5, 0.6) is 17.2 Å². The molecule has 1 amide bonds. The van der Waals surface area contributed by atoms with Crippen molar-refractivity contribution in [3.63, 3.8) is 0 Å². The van der Waals surface area contributed by atoms with E-state index in [9.17, 15) is 4.79 Å². The van der Waals surface area contributed by atoms with Crippen LogP contribution in [0, 0.1) is 0 Å². The Labute approximate surface area is 174 Å². The van der Waals surface area contributed by atoms with Crippen molar-refractivity contribution < 1.29 is 19.0 Å². The maximum Gasteiger partial charge on any atom is 0.226 e. The first kappa shape index (κ1) is 20.7. The van der Waals surface area contributed by atoms with Crippen molar-refractivity contribution in [2.75, 3.05) is 25.6 Å². The Morgan fingerprint density at radius 1 is 1.07 bits per heavy atom. The summed E-state index contributed by atoms with van der Waals surface area (Å²) in [6.45, 7) is 3.00. The number of hydrogen-bond donors (Lipinski definition) is 1. The van der Waals surface area contributed by atoms with Crippen molar-refractivity contribution in [1.29, 1.82) is 0 Å². The number of hydrogen-bond acceptors (Lipinski definition) is 6. The SMILES string of the molecule is CCOc1ccccc1-c1csc(NC(=O)CCCOc2ccc(OC)cc2)n1. The number of anilines is 1. The van der Waals surface area contributed by atoms with Crippen LogP contribution < -0.4 is 19.5 Å². The maximum atomic E-state index is 12.2. The molecular weight excluding hydrogens is 388 g/mol. The lowest BCUT2D eigenvalue weighted by Crippen LogP contribution is -2.12. The lowest BCUT2D eigenvalue weighted by molar-refractivity contribution is -0.116. The molecule has 0 atom stereocenters. The molecule has 0 bridgehead atoms. The van der Waals surface area contributed by atoms with Gasteiger partial charge in [0.1, 0.15) is 17.2 Å². The van der Waals surface area contributed by atoms with Crippen molar-refractivity contribution in [3.05, 3.63) is 53.9 Å². The highest BCUT2D eigenvalue weighted by molar-refractivity contribution is 7.14. The Morgan fingerprint density at radius 3 is 2.59 bits per heavy atom. The van der Waals surface area contributed by atoms with Gasteiger partial charge in [-0.1, -0.05) is 12.1 Å². The van der Waals surface area contributed by atoms with Crippen LogP contribution in [-0.2, 0) is 4.79 Å². The van der Waals surface area contributed by atoms with Gasteiger partial charge >= 0.3 is 0 Å². The topological polar surface area (TPSA) is 69.7 Å². The van der Waals surface area contributed by atoms with E-state index >= 15 is 0 Å². The number of methoxy groups -OCH3 is 1. The van der Waals surface area contributed by atoms with Gasteiger partial charge in [-0.05, 0) is 49.7 Å². The zero-order valence-corrected chi connectivity index (χ0v) is 17.3. The molecule has 0 unspecified atom stereocenters. The molecule has 0 saturated heterocycles. The van der Waals surface area contributed by atoms with E-state index in [1.807, 2.05) is 60.8 Å². The molecule has 0 aliphatic rings. The number of para-hydroxylation sites is 1. The number of amides is 1. The van der Waals surface area contributed by atoms with Crippen LogP contribution in [0.4, 0.5) is 5.13 Å². The molecule has 1 heterocycles. The van der Waals surface area contributed by atoms with E-state index in [4.69, 9.17) is 14.2 Å². The average Bonchev–Trinajstić information content (AvgIpc) is 3.20. The number of carbonyl (C=O) groups is 1. The third kappa shape index (κ3) is 5.96. The fourth-order valence-electron chi connectivity index (χ4n) is 2.69. The van der Waals surface area contributed by atoms with Crippen LogP contribution >= 0.6 is 11.3 Å². The number of nitrogens with one attached hydrogen (secondary N) is 1. The van der Waals surface area contributed by atoms with Crippen molar-refractivity contribution in [3.8, 4) is 28.5 Å². The van der Waals surface area contributed by atoms with Crippen LogP contribution in [0.3, 0.4) is 0 Å². The molecule has 6 nitrogen and oxygen atoms in total. The molecule has 7 heteroatoms. The van der Waals surface area contributed by atoms with Crippen LogP contribution in [-0.4, -0.2) is 31.2 Å². The standard InChI is InChI=1S/C22H24N2O4S/c1-3-27-20-8-5-4-7-18(20)19-15-29-22(23-19)24-21(25)9-6-14-28-17-12-10-16(26-2)11-13-17/h4-5,7-8,10-13,15H,3,6,9,14H2,1-2H3,(H,23,24,25). The monoisotopic (exact) mass is 412 g/mol. The Kier molecular flexibility index (Phi) is 7.47. The highest BCUT2D eigenvalue weighted by atomic mass is 32.1. The zero-order valence-electron chi connectivity index (χ0n) is 16.5. The van der Waals surface area contributed by atoms with E-state index < -0.39 is 0 Å². The third-order valence-electron chi connectivity index (χ3n) is 4.09. The Hall–Kier alpha value is -3.06. The van der Waals surface area contributed by atoms with Crippen molar-refractivity contribution in [2.24, 2.45) is 0 Å². The molecule has 0 aliphatic carbocycles. The summed E-state index contributed by atoms with van der Waals surface area (Å²) in [6, 6.07) is 15.1. The van der Waals surface area contributed by atoms with Crippen LogP contribution in [0.15, 0.2) is 53.9 Å². The van der Waals surface area contributed by atoms with Gasteiger partial charge in [-0.25, -0.2) is 4.98 Å². The normalized spacial score (nSPS) is 10.4. The summed E-state index contributed by atoms with van der Waals surface area (Å²) < 4.78 is 16.4. The highest BCUT2D eigenvalue weighted by Gasteiger charge is 2.11. The van der Waals surface area contributed by atoms with Gasteiger partial charge in [0, 0.05) is 17.4 Å². The van der Waals surface area contributed by atoms with Gasteiger partial charge in [-0.15, -0.1) is 11.3 Å². The summed E-state index contributed by atoms with van der Waals surface area (Å²) in [7, 11) is 1.62. The minimum Gasteiger partial charge on any atom is -0.497 e. The number of carbonyl (C=O) groups excluding carboxylic acids is 1. The van der Waals surface area contributed by atoms with E-state index in [1.54, 1.807) is 7.11 Å². The first-order chi connectivity index (χ1) is 14.2. The number of aromatic nitrogens is 1. The molecule has 1 aromatic heterocycles. The number of thiazole rings is 1. The highest BCUT2D eigenvalue weighted by Crippen LogP contribution is 2.32. The number of nitrogens with zero attached hydrogens (tertiary/aromatic N) is 1. The van der Waals surface area contributed by atoms with Gasteiger partial charge in [0.15, 0.2) is 5.13 Å². The lowest BCUT2D eigenvalue weighted by Gasteiger charge is -2.08. The third-order valence-corrected chi connectivity index (χ3v) is 4.85. The first-order valence-corrected chi connectivity index (χ1v) is 10.3. The largest absolute Gasteiger partial charge is 0.497 e. The second kappa shape index (κ2) is 10.5. The Balaban J connectivity index is 1.46. The summed E-state index contributed by atoms with van der Waals surface area (Å²) in [5.41, 5.74) is 1.70. The molecule has 0 spiro atoms. The minimum absolute atomic E-state index is 0.0812. The maximum absolute atomic E-state index is 12.2. The smallest absolute Gasteiger partial charge is 0.226 e. The quantitative estimate of drug-likeness (QED) is 0.474. The molecule has 0 aliphatic heterocycles. The summed E-state index contributed by atoms with van der Waals surface area (Å²) in [6.07, 6.45) is 0.976. The Morgan fingerprint density at radius 2 is 1.83 bits per heavy atom. The molecule has 3 aromatic rings. The molecular formula is C22H24N2O4S. The van der Waals surface area contributed by atoms with Gasteiger partial charge in [-0.2, -0.15) is 0 Å². The number of ether oxygens (including phenoxy) is 3. The summed E-state index contributed by atoms with van der Waals surface area (Å²) >= 11 is 1.40. The summed E-state index contributed by atoms with van der Waals surface area (Å²) in [5.74, 6) is 2.24. The van der Waals surface area contributed by atoms with Crippen LogP contribution in [0.1, 0.15) is 19.8 Å². The van der Waals surface area contributed by atoms with Gasteiger partial charge in [0.25, 0.3) is 0 Å². The molecule has 1 N–H and O–H groups in total. The number of rotatable bonds is 10. The molecule has 0 fully saturated rings. The van der Waals surface area contributed by atoms with Crippen LogP contribution in [0.25, 0.3) is 11.3 Å². The zero-order chi connectivity index (χ0) is 20.5.